The molecule has 1 N–H and O–H groups in total. The summed E-state index contributed by atoms with van der Waals surface area (Å²) in [6.07, 6.45) is 0. The number of nitriles is 1. The molecule has 0 unspecified atom stereocenters. The molecule has 2 aromatic rings. The van der Waals surface area contributed by atoms with Gasteiger partial charge in [0, 0.05) is 6.07 Å². The smallest absolute Gasteiger partial charge is 0.135 e. The zero-order valence-corrected chi connectivity index (χ0v) is 9.86. The van der Waals surface area contributed by atoms with Gasteiger partial charge >= 0.3 is 0 Å². The maximum atomic E-state index is 8.96. The highest BCUT2D eigenvalue weighted by molar-refractivity contribution is 6.29. The molecule has 0 bridgehead atoms. The summed E-state index contributed by atoms with van der Waals surface area (Å²) in [5.41, 5.74) is 1.25. The van der Waals surface area contributed by atoms with Crippen molar-refractivity contribution in [3.8, 4) is 6.07 Å². The first-order chi connectivity index (χ1) is 8.19. The molecule has 0 amide bonds. The van der Waals surface area contributed by atoms with Crippen LogP contribution in [0.25, 0.3) is 0 Å². The Morgan fingerprint density at radius 3 is 2.76 bits per heavy atom. The second kappa shape index (κ2) is 4.81. The lowest BCUT2D eigenvalue weighted by Gasteiger charge is -2.07. The molecule has 0 fully saturated rings. The summed E-state index contributed by atoms with van der Waals surface area (Å²) in [6, 6.07) is 10.9. The summed E-state index contributed by atoms with van der Waals surface area (Å²) in [7, 11) is 0. The average Bonchev–Trinajstić information content (AvgIpc) is 2.28. The van der Waals surface area contributed by atoms with Gasteiger partial charge in [-0.2, -0.15) is 5.26 Å². The van der Waals surface area contributed by atoms with E-state index in [-0.39, 0.29) is 0 Å². The molecule has 84 valence electrons. The van der Waals surface area contributed by atoms with Crippen molar-refractivity contribution >= 4 is 23.1 Å². The summed E-state index contributed by atoms with van der Waals surface area (Å²) in [5, 5.41) is 12.4. The van der Waals surface area contributed by atoms with Gasteiger partial charge in [-0.3, -0.25) is 0 Å². The molecule has 0 saturated carbocycles. The first-order valence-electron chi connectivity index (χ1n) is 4.96. The third kappa shape index (κ3) is 2.71. The van der Waals surface area contributed by atoms with Crippen LogP contribution in [0.3, 0.4) is 0 Å². The molecule has 17 heavy (non-hydrogen) atoms. The van der Waals surface area contributed by atoms with E-state index in [4.69, 9.17) is 16.9 Å². The highest BCUT2D eigenvalue weighted by Crippen LogP contribution is 2.20. The summed E-state index contributed by atoms with van der Waals surface area (Å²) < 4.78 is 0. The minimum atomic E-state index is 0.370. The van der Waals surface area contributed by atoms with Crippen molar-refractivity contribution in [3.63, 3.8) is 0 Å². The number of hydrogen-bond acceptors (Lipinski definition) is 4. The Balaban J connectivity index is 2.35. The highest BCUT2D eigenvalue weighted by atomic mass is 35.5. The predicted octanol–water partition coefficient (Wildman–Crippen LogP) is 3.05. The van der Waals surface area contributed by atoms with Crippen molar-refractivity contribution in [2.75, 3.05) is 5.32 Å². The quantitative estimate of drug-likeness (QED) is 0.825. The van der Waals surface area contributed by atoms with Gasteiger partial charge in [-0.25, -0.2) is 9.97 Å². The fourth-order valence-corrected chi connectivity index (χ4v) is 1.65. The van der Waals surface area contributed by atoms with Gasteiger partial charge in [-0.05, 0) is 19.1 Å². The van der Waals surface area contributed by atoms with Crippen LogP contribution < -0.4 is 5.32 Å². The van der Waals surface area contributed by atoms with Crippen molar-refractivity contribution in [2.45, 2.75) is 6.92 Å². The van der Waals surface area contributed by atoms with E-state index in [0.717, 1.165) is 0 Å². The number of aryl methyl sites for hydroxylation is 1. The predicted molar refractivity (Wildman–Crippen MR) is 66.2 cm³/mol. The van der Waals surface area contributed by atoms with Gasteiger partial charge in [0.25, 0.3) is 0 Å². The molecule has 1 heterocycles. The number of hydrogen-bond donors (Lipinski definition) is 1. The second-order valence-corrected chi connectivity index (χ2v) is 3.79. The zero-order valence-electron chi connectivity index (χ0n) is 9.11. The molecule has 2 rings (SSSR count). The molecule has 1 aromatic heterocycles. The maximum absolute atomic E-state index is 8.96. The van der Waals surface area contributed by atoms with E-state index in [1.165, 1.54) is 0 Å². The van der Waals surface area contributed by atoms with E-state index in [9.17, 15) is 0 Å². The lowest BCUT2D eigenvalue weighted by molar-refractivity contribution is 1.06. The van der Waals surface area contributed by atoms with E-state index in [1.54, 1.807) is 19.1 Å². The van der Waals surface area contributed by atoms with Crippen LogP contribution in [-0.4, -0.2) is 9.97 Å². The molecule has 0 aliphatic carbocycles. The second-order valence-electron chi connectivity index (χ2n) is 3.41. The third-order valence-corrected chi connectivity index (χ3v) is 2.31. The van der Waals surface area contributed by atoms with Crippen molar-refractivity contribution in [2.24, 2.45) is 0 Å². The molecule has 5 heteroatoms. The number of rotatable bonds is 2. The van der Waals surface area contributed by atoms with Gasteiger partial charge in [0.1, 0.15) is 22.9 Å². The van der Waals surface area contributed by atoms with Crippen LogP contribution in [-0.2, 0) is 0 Å². The molecular weight excluding hydrogens is 236 g/mol. The monoisotopic (exact) mass is 244 g/mol. The molecular formula is C12H9ClN4. The van der Waals surface area contributed by atoms with E-state index >= 15 is 0 Å². The number of halogens is 1. The van der Waals surface area contributed by atoms with E-state index in [0.29, 0.717) is 28.0 Å². The molecule has 0 saturated heterocycles. The Bertz CT molecular complexity index is 569. The van der Waals surface area contributed by atoms with Crippen molar-refractivity contribution < 1.29 is 0 Å². The number of nitrogens with one attached hydrogen (secondary N) is 1. The Morgan fingerprint density at radius 1 is 1.29 bits per heavy atom. The van der Waals surface area contributed by atoms with E-state index < -0.39 is 0 Å². The van der Waals surface area contributed by atoms with Gasteiger partial charge in [0.2, 0.25) is 0 Å². The van der Waals surface area contributed by atoms with Crippen LogP contribution in [0.4, 0.5) is 11.5 Å². The van der Waals surface area contributed by atoms with Crippen LogP contribution in [0.15, 0.2) is 30.3 Å². The molecule has 0 aliphatic heterocycles. The molecule has 0 atom stereocenters. The van der Waals surface area contributed by atoms with Crippen molar-refractivity contribution in [1.29, 1.82) is 5.26 Å². The summed E-state index contributed by atoms with van der Waals surface area (Å²) in [4.78, 5) is 8.16. The minimum Gasteiger partial charge on any atom is -0.339 e. The van der Waals surface area contributed by atoms with Crippen LogP contribution in [0.5, 0.6) is 0 Å². The Labute approximate surface area is 104 Å². The van der Waals surface area contributed by atoms with E-state index in [2.05, 4.69) is 21.4 Å². The third-order valence-electron chi connectivity index (χ3n) is 2.12. The fourth-order valence-electron chi connectivity index (χ4n) is 1.42. The van der Waals surface area contributed by atoms with Gasteiger partial charge < -0.3 is 5.32 Å². The van der Waals surface area contributed by atoms with Crippen molar-refractivity contribution in [3.05, 3.63) is 46.9 Å². The van der Waals surface area contributed by atoms with Gasteiger partial charge in [0.15, 0.2) is 0 Å². The first-order valence-corrected chi connectivity index (χ1v) is 5.34. The van der Waals surface area contributed by atoms with Gasteiger partial charge in [0.05, 0.1) is 11.3 Å². The molecule has 0 spiro atoms. The van der Waals surface area contributed by atoms with Crippen LogP contribution >= 0.6 is 11.6 Å². The lowest BCUT2D eigenvalue weighted by atomic mass is 10.2. The highest BCUT2D eigenvalue weighted by Gasteiger charge is 2.04. The molecule has 0 radical (unpaired) electrons. The van der Waals surface area contributed by atoms with Gasteiger partial charge in [-0.15, -0.1) is 0 Å². The lowest BCUT2D eigenvalue weighted by Crippen LogP contribution is -1.98. The topological polar surface area (TPSA) is 61.6 Å². The largest absolute Gasteiger partial charge is 0.339 e. The zero-order chi connectivity index (χ0) is 12.3. The first kappa shape index (κ1) is 11.4. The number of benzene rings is 1. The number of anilines is 2. The van der Waals surface area contributed by atoms with Crippen LogP contribution in [0.2, 0.25) is 5.15 Å². The number of para-hydroxylation sites is 1. The summed E-state index contributed by atoms with van der Waals surface area (Å²) in [6.45, 7) is 1.76. The summed E-state index contributed by atoms with van der Waals surface area (Å²) >= 11 is 5.83. The molecule has 4 nitrogen and oxygen atoms in total. The van der Waals surface area contributed by atoms with Crippen LogP contribution in [0.1, 0.15) is 11.4 Å². The SMILES string of the molecule is Cc1nc(Cl)cc(Nc2ccccc2C#N)n1. The number of aromatic nitrogens is 2. The Hall–Kier alpha value is -2.12. The molecule has 0 aliphatic rings. The normalized spacial score (nSPS) is 9.71. The fraction of sp³-hybridized carbons (Fsp3) is 0.0833. The van der Waals surface area contributed by atoms with Crippen molar-refractivity contribution in [1.82, 2.24) is 9.97 Å². The van der Waals surface area contributed by atoms with Crippen LogP contribution in [0, 0.1) is 18.3 Å². The van der Waals surface area contributed by atoms with E-state index in [1.807, 2.05) is 18.2 Å². The number of nitrogens with zero attached hydrogens (tertiary/aromatic N) is 3. The average molecular weight is 245 g/mol. The minimum absolute atomic E-state index is 0.370. The van der Waals surface area contributed by atoms with Gasteiger partial charge in [-0.1, -0.05) is 23.7 Å². The Morgan fingerprint density at radius 2 is 2.06 bits per heavy atom. The molecule has 1 aromatic carbocycles. The maximum Gasteiger partial charge on any atom is 0.135 e. The Kier molecular flexibility index (Phi) is 3.22. The standard InChI is InChI=1S/C12H9ClN4/c1-8-15-11(13)6-12(16-8)17-10-5-3-2-4-9(10)7-14/h2-6H,1H3,(H,15,16,17). The summed E-state index contributed by atoms with van der Waals surface area (Å²) in [5.74, 6) is 1.15.